The third-order valence-electron chi connectivity index (χ3n) is 4.47. The van der Waals surface area contributed by atoms with Crippen molar-refractivity contribution in [2.45, 2.75) is 45.1 Å². The quantitative estimate of drug-likeness (QED) is 0.476. The van der Waals surface area contributed by atoms with Crippen molar-refractivity contribution in [3.05, 3.63) is 39.9 Å². The molecule has 1 aliphatic rings. The molecule has 0 aromatic heterocycles. The molecule has 0 aliphatic carbocycles. The van der Waals surface area contributed by atoms with E-state index < -0.39 is 4.92 Å². The number of benzene rings is 1. The molecule has 6 nitrogen and oxygen atoms in total. The third kappa shape index (κ3) is 5.03. The Morgan fingerprint density at radius 1 is 1.35 bits per heavy atom. The second-order valence-electron chi connectivity index (χ2n) is 6.01. The molecular weight excluding hydrogens is 294 g/mol. The predicted molar refractivity (Wildman–Crippen MR) is 89.5 cm³/mol. The second kappa shape index (κ2) is 8.62. The first-order chi connectivity index (χ1) is 11.1. The molecule has 2 rings (SSSR count). The number of carbonyl (C=O) groups is 1. The lowest BCUT2D eigenvalue weighted by molar-refractivity contribution is -0.384. The molecule has 1 aliphatic heterocycles. The molecule has 1 heterocycles. The number of nitro benzene ring substituents is 1. The summed E-state index contributed by atoms with van der Waals surface area (Å²) in [4.78, 5) is 24.7. The number of nitrogens with one attached hydrogen (secondary N) is 1. The van der Waals surface area contributed by atoms with Crippen LogP contribution < -0.4 is 5.32 Å². The molecule has 0 bridgehead atoms. The molecule has 0 spiro atoms. The molecule has 0 saturated carbocycles. The smallest absolute Gasteiger partial charge is 0.269 e. The van der Waals surface area contributed by atoms with E-state index in [1.807, 2.05) is 0 Å². The molecule has 1 amide bonds. The van der Waals surface area contributed by atoms with Crippen molar-refractivity contribution >= 4 is 11.6 Å². The lowest BCUT2D eigenvalue weighted by Gasteiger charge is -2.35. The monoisotopic (exact) mass is 319 g/mol. The van der Waals surface area contributed by atoms with Crippen LogP contribution in [0.25, 0.3) is 0 Å². The predicted octanol–water partition coefficient (Wildman–Crippen LogP) is 2.98. The largest absolute Gasteiger partial charge is 0.352 e. The molecule has 0 unspecified atom stereocenters. The van der Waals surface area contributed by atoms with Crippen LogP contribution in [-0.2, 0) is 0 Å². The Kier molecular flexibility index (Phi) is 6.52. The van der Waals surface area contributed by atoms with Crippen LogP contribution in [0.3, 0.4) is 0 Å². The van der Waals surface area contributed by atoms with E-state index >= 15 is 0 Å². The van der Waals surface area contributed by atoms with E-state index in [4.69, 9.17) is 0 Å². The van der Waals surface area contributed by atoms with Gasteiger partial charge in [0.2, 0.25) is 0 Å². The highest BCUT2D eigenvalue weighted by atomic mass is 16.6. The summed E-state index contributed by atoms with van der Waals surface area (Å²) < 4.78 is 0. The number of rotatable bonds is 7. The lowest BCUT2D eigenvalue weighted by Crippen LogP contribution is -2.40. The van der Waals surface area contributed by atoms with E-state index in [2.05, 4.69) is 17.1 Å². The summed E-state index contributed by atoms with van der Waals surface area (Å²) in [6, 6.07) is 6.38. The summed E-state index contributed by atoms with van der Waals surface area (Å²) in [5.74, 6) is -0.175. The Morgan fingerprint density at radius 2 is 2.09 bits per heavy atom. The van der Waals surface area contributed by atoms with E-state index in [1.165, 1.54) is 49.9 Å². The van der Waals surface area contributed by atoms with Gasteiger partial charge in [-0.15, -0.1) is 0 Å². The fourth-order valence-corrected chi connectivity index (χ4v) is 3.14. The van der Waals surface area contributed by atoms with Crippen LogP contribution in [0.5, 0.6) is 0 Å². The van der Waals surface area contributed by atoms with E-state index in [0.717, 1.165) is 19.5 Å². The molecular formula is C17H25N3O3. The summed E-state index contributed by atoms with van der Waals surface area (Å²) in [6.45, 7) is 5.04. The Bertz CT molecular complexity index is 530. The van der Waals surface area contributed by atoms with E-state index in [9.17, 15) is 14.9 Å². The normalized spacial score (nSPS) is 18.6. The van der Waals surface area contributed by atoms with Crippen LogP contribution in [0.1, 0.15) is 49.4 Å². The zero-order chi connectivity index (χ0) is 16.7. The molecule has 0 radical (unpaired) electrons. The molecule has 1 atom stereocenters. The summed E-state index contributed by atoms with van der Waals surface area (Å²) in [6.07, 6.45) is 5.99. The summed E-state index contributed by atoms with van der Waals surface area (Å²) in [5.41, 5.74) is 0.456. The maximum Gasteiger partial charge on any atom is 0.269 e. The van der Waals surface area contributed by atoms with Gasteiger partial charge in [-0.1, -0.05) is 13.3 Å². The number of nitrogens with zero attached hydrogens (tertiary/aromatic N) is 2. The van der Waals surface area contributed by atoms with Gasteiger partial charge in [0.05, 0.1) is 4.92 Å². The van der Waals surface area contributed by atoms with Gasteiger partial charge in [0.1, 0.15) is 0 Å². The van der Waals surface area contributed by atoms with Crippen molar-refractivity contribution in [3.63, 3.8) is 0 Å². The highest BCUT2D eigenvalue weighted by Gasteiger charge is 2.19. The topological polar surface area (TPSA) is 75.5 Å². The van der Waals surface area contributed by atoms with Crippen LogP contribution >= 0.6 is 0 Å². The van der Waals surface area contributed by atoms with Crippen LogP contribution in [0, 0.1) is 10.1 Å². The van der Waals surface area contributed by atoms with Gasteiger partial charge in [0.25, 0.3) is 11.6 Å². The Labute approximate surface area is 137 Å². The van der Waals surface area contributed by atoms with E-state index in [0.29, 0.717) is 18.2 Å². The van der Waals surface area contributed by atoms with Crippen molar-refractivity contribution < 1.29 is 9.72 Å². The summed E-state index contributed by atoms with van der Waals surface area (Å²) in [5, 5.41) is 13.5. The minimum Gasteiger partial charge on any atom is -0.352 e. The molecule has 1 N–H and O–H groups in total. The van der Waals surface area contributed by atoms with Crippen molar-refractivity contribution in [1.82, 2.24) is 10.2 Å². The van der Waals surface area contributed by atoms with Gasteiger partial charge < -0.3 is 10.2 Å². The number of non-ortho nitro benzene ring substituents is 1. The first-order valence-electron chi connectivity index (χ1n) is 8.38. The first kappa shape index (κ1) is 17.4. The maximum absolute atomic E-state index is 12.0. The number of piperidine rings is 1. The average Bonchev–Trinajstić information content (AvgIpc) is 2.59. The van der Waals surface area contributed by atoms with Gasteiger partial charge in [-0.05, 0) is 44.4 Å². The molecule has 1 aromatic carbocycles. The Hall–Kier alpha value is -1.95. The highest BCUT2D eigenvalue weighted by Crippen LogP contribution is 2.19. The first-order valence-corrected chi connectivity index (χ1v) is 8.38. The number of nitro groups is 1. The van der Waals surface area contributed by atoms with E-state index in [-0.39, 0.29) is 11.6 Å². The van der Waals surface area contributed by atoms with Gasteiger partial charge >= 0.3 is 0 Å². The standard InChI is InChI=1S/C17H25N3O3/c1-2-15-6-3-4-12-19(15)13-5-11-18-17(21)14-7-9-16(10-8-14)20(22)23/h7-10,15H,2-6,11-13H2,1H3,(H,18,21)/t15-/m1/s1. The fourth-order valence-electron chi connectivity index (χ4n) is 3.14. The van der Waals surface area contributed by atoms with Crippen molar-refractivity contribution in [3.8, 4) is 0 Å². The summed E-state index contributed by atoms with van der Waals surface area (Å²) >= 11 is 0. The molecule has 126 valence electrons. The van der Waals surface area contributed by atoms with Gasteiger partial charge in [-0.25, -0.2) is 0 Å². The van der Waals surface area contributed by atoms with Crippen LogP contribution in [0.2, 0.25) is 0 Å². The van der Waals surface area contributed by atoms with Crippen molar-refractivity contribution in [2.24, 2.45) is 0 Å². The Balaban J connectivity index is 1.73. The van der Waals surface area contributed by atoms with Gasteiger partial charge in [0.15, 0.2) is 0 Å². The van der Waals surface area contributed by atoms with Gasteiger partial charge in [0, 0.05) is 36.8 Å². The molecule has 1 aromatic rings. The minimum atomic E-state index is -0.468. The number of hydrogen-bond acceptors (Lipinski definition) is 4. The van der Waals surface area contributed by atoms with Crippen LogP contribution in [0.15, 0.2) is 24.3 Å². The number of likely N-dealkylation sites (tertiary alicyclic amines) is 1. The average molecular weight is 319 g/mol. The lowest BCUT2D eigenvalue weighted by atomic mass is 10.00. The number of amides is 1. The number of hydrogen-bond donors (Lipinski definition) is 1. The van der Waals surface area contributed by atoms with E-state index in [1.54, 1.807) is 0 Å². The summed E-state index contributed by atoms with van der Waals surface area (Å²) in [7, 11) is 0. The van der Waals surface area contributed by atoms with Crippen LogP contribution in [0.4, 0.5) is 5.69 Å². The maximum atomic E-state index is 12.0. The van der Waals surface area contributed by atoms with Gasteiger partial charge in [-0.3, -0.25) is 14.9 Å². The SMILES string of the molecule is CC[C@@H]1CCCCN1CCCNC(=O)c1ccc([N+](=O)[O-])cc1. The Morgan fingerprint density at radius 3 is 2.74 bits per heavy atom. The molecule has 1 fully saturated rings. The molecule has 1 saturated heterocycles. The molecule has 6 heteroatoms. The van der Waals surface area contributed by atoms with Gasteiger partial charge in [-0.2, -0.15) is 0 Å². The number of carbonyl (C=O) groups excluding carboxylic acids is 1. The minimum absolute atomic E-state index is 0.00254. The second-order valence-corrected chi connectivity index (χ2v) is 6.01. The zero-order valence-corrected chi connectivity index (χ0v) is 13.7. The van der Waals surface area contributed by atoms with Crippen molar-refractivity contribution in [2.75, 3.05) is 19.6 Å². The third-order valence-corrected chi connectivity index (χ3v) is 4.47. The van der Waals surface area contributed by atoms with Crippen molar-refractivity contribution in [1.29, 1.82) is 0 Å². The van der Waals surface area contributed by atoms with Crippen LogP contribution in [-0.4, -0.2) is 41.4 Å². The molecule has 23 heavy (non-hydrogen) atoms. The zero-order valence-electron chi connectivity index (χ0n) is 13.7. The fraction of sp³-hybridized carbons (Fsp3) is 0.588. The highest BCUT2D eigenvalue weighted by molar-refractivity contribution is 5.94.